The lowest BCUT2D eigenvalue weighted by atomic mass is 9.82. The van der Waals surface area contributed by atoms with Crippen LogP contribution in [0.1, 0.15) is 78.5 Å². The summed E-state index contributed by atoms with van der Waals surface area (Å²) in [5.74, 6) is -0.558. The van der Waals surface area contributed by atoms with Gasteiger partial charge in [-0.25, -0.2) is 4.98 Å². The molecule has 5 aliphatic rings. The van der Waals surface area contributed by atoms with Crippen LogP contribution in [0.4, 0.5) is 0 Å². The van der Waals surface area contributed by atoms with Crippen LogP contribution in [0, 0.1) is 11.8 Å². The van der Waals surface area contributed by atoms with Gasteiger partial charge in [0.15, 0.2) is 0 Å². The predicted molar refractivity (Wildman–Crippen MR) is 147 cm³/mol. The topological polar surface area (TPSA) is 142 Å². The summed E-state index contributed by atoms with van der Waals surface area (Å²) in [7, 11) is 0. The molecule has 0 spiro atoms. The second kappa shape index (κ2) is 12.5. The maximum absolute atomic E-state index is 12.8. The molecule has 1 saturated carbocycles. The predicted octanol–water partition coefficient (Wildman–Crippen LogP) is 2.62. The third kappa shape index (κ3) is 6.88. The number of amides is 4. The summed E-state index contributed by atoms with van der Waals surface area (Å²) in [6, 6.07) is 13.8. The van der Waals surface area contributed by atoms with Crippen LogP contribution in [0.3, 0.4) is 0 Å². The fourth-order valence-corrected chi connectivity index (χ4v) is 5.01. The van der Waals surface area contributed by atoms with Gasteiger partial charge in [0.1, 0.15) is 11.4 Å². The van der Waals surface area contributed by atoms with Gasteiger partial charge in [-0.05, 0) is 66.8 Å². The third-order valence-corrected chi connectivity index (χ3v) is 7.48. The van der Waals surface area contributed by atoms with Crippen LogP contribution in [0.5, 0.6) is 0 Å². The van der Waals surface area contributed by atoms with Gasteiger partial charge in [0, 0.05) is 38.6 Å². The molecule has 8 rings (SSSR count). The van der Waals surface area contributed by atoms with Crippen molar-refractivity contribution in [3.05, 3.63) is 94.6 Å². The van der Waals surface area contributed by atoms with E-state index in [1.165, 1.54) is 12.4 Å². The van der Waals surface area contributed by atoms with Crippen molar-refractivity contribution in [1.82, 2.24) is 31.2 Å². The van der Waals surface area contributed by atoms with Crippen LogP contribution in [0.15, 0.2) is 60.9 Å². The van der Waals surface area contributed by atoms with E-state index < -0.39 is 0 Å². The summed E-state index contributed by atoms with van der Waals surface area (Å²) in [5, 5.41) is 11.6. The molecule has 10 heteroatoms. The van der Waals surface area contributed by atoms with Crippen LogP contribution in [0.2, 0.25) is 0 Å². The molecule has 2 aromatic heterocycles. The van der Waals surface area contributed by atoms with Crippen molar-refractivity contribution >= 4 is 23.6 Å². The number of pyridine rings is 2. The molecule has 10 nitrogen and oxygen atoms in total. The molecule has 4 aliphatic heterocycles. The van der Waals surface area contributed by atoms with E-state index in [4.69, 9.17) is 0 Å². The maximum Gasteiger partial charge on any atom is 0.270 e. The minimum Gasteiger partial charge on any atom is -0.352 e. The number of hydrogen-bond donors (Lipinski definition) is 4. The molecule has 40 heavy (non-hydrogen) atoms. The number of nitrogens with one attached hydrogen (secondary N) is 4. The molecule has 6 heterocycles. The van der Waals surface area contributed by atoms with E-state index in [9.17, 15) is 19.2 Å². The van der Waals surface area contributed by atoms with Crippen LogP contribution < -0.4 is 21.3 Å². The van der Waals surface area contributed by atoms with E-state index in [-0.39, 0.29) is 41.6 Å². The Labute approximate surface area is 232 Å². The Hall–Kier alpha value is -4.60. The van der Waals surface area contributed by atoms with Gasteiger partial charge in [0.05, 0.1) is 11.1 Å². The summed E-state index contributed by atoms with van der Waals surface area (Å²) in [6.45, 7) is 1.66. The zero-order valence-corrected chi connectivity index (χ0v) is 22.1. The Balaban J connectivity index is 1.31. The van der Waals surface area contributed by atoms with E-state index in [1.807, 2.05) is 24.3 Å². The van der Waals surface area contributed by atoms with Crippen molar-refractivity contribution in [3.8, 4) is 0 Å². The minimum absolute atomic E-state index is 0.175. The first-order valence-electron chi connectivity index (χ1n) is 13.6. The zero-order valence-electron chi connectivity index (χ0n) is 22.1. The van der Waals surface area contributed by atoms with Gasteiger partial charge < -0.3 is 21.3 Å². The second-order valence-electron chi connectivity index (χ2n) is 10.4. The average Bonchev–Trinajstić information content (AvgIpc) is 3.00. The Bertz CT molecular complexity index is 1290. The monoisotopic (exact) mass is 540 g/mol. The van der Waals surface area contributed by atoms with Crippen molar-refractivity contribution in [2.75, 3.05) is 13.1 Å². The largest absolute Gasteiger partial charge is 0.352 e. The number of aromatic nitrogens is 2. The van der Waals surface area contributed by atoms with Crippen molar-refractivity contribution in [3.63, 3.8) is 0 Å². The second-order valence-corrected chi connectivity index (χ2v) is 10.4. The average molecular weight is 541 g/mol. The van der Waals surface area contributed by atoms with E-state index >= 15 is 0 Å². The maximum atomic E-state index is 12.8. The first kappa shape index (κ1) is 27.0. The molecule has 0 atom stereocenters. The lowest BCUT2D eigenvalue weighted by Crippen LogP contribution is -2.35. The Morgan fingerprint density at radius 1 is 0.575 bits per heavy atom. The molecule has 4 amide bonds. The third-order valence-electron chi connectivity index (χ3n) is 7.48. The summed E-state index contributed by atoms with van der Waals surface area (Å²) in [6.07, 6.45) is 6.66. The van der Waals surface area contributed by atoms with Gasteiger partial charge >= 0.3 is 0 Å². The molecule has 0 saturated heterocycles. The lowest BCUT2D eigenvalue weighted by Gasteiger charge is -2.28. The Morgan fingerprint density at radius 2 is 1.02 bits per heavy atom. The molecule has 8 bridgehead atoms. The molecule has 0 unspecified atom stereocenters. The van der Waals surface area contributed by atoms with Gasteiger partial charge in [-0.15, -0.1) is 0 Å². The highest BCUT2D eigenvalue weighted by Gasteiger charge is 2.23. The molecule has 4 N–H and O–H groups in total. The van der Waals surface area contributed by atoms with Crippen LogP contribution >= 0.6 is 0 Å². The number of benzene rings is 1. The highest BCUT2D eigenvalue weighted by atomic mass is 16.2. The molecular weight excluding hydrogens is 508 g/mol. The SMILES string of the molecule is O=C1NCc2ccc(cc2)CNC(=O)c2cccc(n2)C(=O)NCC2CCC(CC2)CNC(=O)c2cncc1c2. The van der Waals surface area contributed by atoms with Crippen LogP contribution in [0.25, 0.3) is 0 Å². The van der Waals surface area contributed by atoms with E-state index in [0.717, 1.165) is 36.8 Å². The quantitative estimate of drug-likeness (QED) is 0.345. The Kier molecular flexibility index (Phi) is 8.44. The number of rotatable bonds is 0. The summed E-state index contributed by atoms with van der Waals surface area (Å²) < 4.78 is 0. The summed E-state index contributed by atoms with van der Waals surface area (Å²) >= 11 is 0. The molecular formula is C30H32N6O4. The molecule has 1 aliphatic carbocycles. The van der Waals surface area contributed by atoms with E-state index in [1.54, 1.807) is 24.3 Å². The highest BCUT2D eigenvalue weighted by molar-refractivity contribution is 5.99. The van der Waals surface area contributed by atoms with Gasteiger partial charge in [0.25, 0.3) is 23.6 Å². The molecule has 206 valence electrons. The number of nitrogens with zero attached hydrogens (tertiary/aromatic N) is 2. The molecule has 3 aromatic rings. The van der Waals surface area contributed by atoms with Crippen LogP contribution in [-0.4, -0.2) is 46.7 Å². The van der Waals surface area contributed by atoms with E-state index in [0.29, 0.717) is 42.6 Å². The standard InChI is InChI=1S/C30H32N6O4/c37-27-23-12-24(18-31-17-23)28(38)33-14-20-6-10-22(11-7-20)16-35-30(40)26-3-1-2-25(36-26)29(39)34-15-21-8-4-19(5-9-21)13-32-27/h1-5,8-9,12,17-18,20,22H,6-7,10-11,13-16H2,(H,32,37)(H,33,38)(H,34,39)(H,35,40). The molecule has 1 fully saturated rings. The fraction of sp³-hybridized carbons (Fsp3) is 0.333. The zero-order chi connectivity index (χ0) is 27.9. The molecule has 0 radical (unpaired) electrons. The lowest BCUT2D eigenvalue weighted by molar-refractivity contribution is 0.0916. The van der Waals surface area contributed by atoms with Gasteiger partial charge in [-0.3, -0.25) is 24.2 Å². The van der Waals surface area contributed by atoms with Crippen molar-refractivity contribution in [2.45, 2.75) is 38.8 Å². The van der Waals surface area contributed by atoms with Gasteiger partial charge in [0.2, 0.25) is 0 Å². The van der Waals surface area contributed by atoms with Crippen molar-refractivity contribution in [1.29, 1.82) is 0 Å². The highest BCUT2D eigenvalue weighted by Crippen LogP contribution is 2.28. The fourth-order valence-electron chi connectivity index (χ4n) is 5.01. The normalized spacial score (nSPS) is 20.7. The Morgan fingerprint density at radius 3 is 1.57 bits per heavy atom. The first-order chi connectivity index (χ1) is 19.4. The van der Waals surface area contributed by atoms with Crippen molar-refractivity contribution < 1.29 is 19.2 Å². The molecule has 1 aromatic carbocycles. The van der Waals surface area contributed by atoms with Crippen LogP contribution in [-0.2, 0) is 13.1 Å². The summed E-state index contributed by atoms with van der Waals surface area (Å²) in [5.41, 5.74) is 2.78. The van der Waals surface area contributed by atoms with E-state index in [2.05, 4.69) is 31.2 Å². The smallest absolute Gasteiger partial charge is 0.270 e. The number of hydrogen-bond acceptors (Lipinski definition) is 6. The number of carbonyl (C=O) groups is 4. The van der Waals surface area contributed by atoms with Gasteiger partial charge in [-0.2, -0.15) is 0 Å². The number of carbonyl (C=O) groups excluding carboxylic acids is 4. The first-order valence-corrected chi connectivity index (χ1v) is 13.6. The minimum atomic E-state index is -0.367. The van der Waals surface area contributed by atoms with Crippen molar-refractivity contribution in [2.24, 2.45) is 11.8 Å². The van der Waals surface area contributed by atoms with Gasteiger partial charge in [-0.1, -0.05) is 30.3 Å². The summed E-state index contributed by atoms with van der Waals surface area (Å²) in [4.78, 5) is 59.3.